The van der Waals surface area contributed by atoms with Crippen molar-refractivity contribution >= 4 is 17.8 Å². The lowest BCUT2D eigenvalue weighted by Gasteiger charge is -2.18. The average molecular weight is 367 g/mol. The highest BCUT2D eigenvalue weighted by Gasteiger charge is 2.15. The number of carbonyl (C=O) groups excluding carboxylic acids is 3. The van der Waals surface area contributed by atoms with Gasteiger partial charge in [-0.15, -0.1) is 0 Å². The molecule has 0 unspecified atom stereocenters. The molecular weight excluding hydrogens is 350 g/mol. The lowest BCUT2D eigenvalue weighted by atomic mass is 10.1. The molecule has 8 nitrogen and oxygen atoms in total. The van der Waals surface area contributed by atoms with E-state index < -0.39 is 17.8 Å². The minimum atomic E-state index is -0.514. The van der Waals surface area contributed by atoms with Crippen LogP contribution in [0.3, 0.4) is 0 Å². The molecule has 0 heterocycles. The molecule has 0 radical (unpaired) electrons. The highest BCUT2D eigenvalue weighted by molar-refractivity contribution is 5.99. The van der Waals surface area contributed by atoms with Crippen molar-refractivity contribution in [2.24, 2.45) is 0 Å². The van der Waals surface area contributed by atoms with E-state index in [1.807, 2.05) is 6.07 Å². The normalized spacial score (nSPS) is 9.67. The van der Waals surface area contributed by atoms with Crippen molar-refractivity contribution < 1.29 is 23.9 Å². The van der Waals surface area contributed by atoms with Crippen LogP contribution in [0.2, 0.25) is 0 Å². The van der Waals surface area contributed by atoms with Crippen LogP contribution in [0.1, 0.15) is 26.3 Å². The third-order valence-corrected chi connectivity index (χ3v) is 3.54. The van der Waals surface area contributed by atoms with E-state index >= 15 is 0 Å². The number of benzene rings is 2. The number of methoxy groups -OCH3 is 1. The molecule has 0 aromatic heterocycles. The van der Waals surface area contributed by atoms with Gasteiger partial charge in [0.1, 0.15) is 5.75 Å². The number of nitriles is 1. The smallest absolute Gasteiger partial charge is 0.343 e. The van der Waals surface area contributed by atoms with Gasteiger partial charge in [0.25, 0.3) is 11.8 Å². The molecule has 0 spiro atoms. The van der Waals surface area contributed by atoms with E-state index in [1.54, 1.807) is 0 Å². The summed E-state index contributed by atoms with van der Waals surface area (Å²) in [5.41, 5.74) is 3.55. The molecule has 0 aliphatic heterocycles. The second-order valence-electron chi connectivity index (χ2n) is 5.38. The Balaban J connectivity index is 1.96. The Kier molecular flexibility index (Phi) is 6.49. The van der Waals surface area contributed by atoms with Gasteiger partial charge >= 0.3 is 5.97 Å². The number of carbonyl (C=O) groups is 3. The van der Waals surface area contributed by atoms with Crippen LogP contribution in [0.5, 0.6) is 5.75 Å². The van der Waals surface area contributed by atoms with E-state index in [9.17, 15) is 14.4 Å². The highest BCUT2D eigenvalue weighted by Crippen LogP contribution is 2.12. The van der Waals surface area contributed by atoms with Crippen LogP contribution in [0.4, 0.5) is 0 Å². The minimum Gasteiger partial charge on any atom is -0.482 e. The summed E-state index contributed by atoms with van der Waals surface area (Å²) in [7, 11) is 2.68. The molecule has 138 valence electrons. The zero-order valence-corrected chi connectivity index (χ0v) is 14.8. The van der Waals surface area contributed by atoms with Crippen LogP contribution >= 0.6 is 0 Å². The molecule has 2 rings (SSSR count). The minimum absolute atomic E-state index is 0.232. The molecule has 0 bridgehead atoms. The lowest BCUT2D eigenvalue weighted by molar-refractivity contribution is -0.142. The molecule has 2 aromatic rings. The summed E-state index contributed by atoms with van der Waals surface area (Å²) >= 11 is 0. The summed E-state index contributed by atoms with van der Waals surface area (Å²) < 4.78 is 9.66. The van der Waals surface area contributed by atoms with E-state index in [-0.39, 0.29) is 6.61 Å². The highest BCUT2D eigenvalue weighted by atomic mass is 16.6. The number of nitrogens with zero attached hydrogens (tertiary/aromatic N) is 2. The number of ether oxygens (including phenoxy) is 2. The summed E-state index contributed by atoms with van der Waals surface area (Å²) in [6.07, 6.45) is 0. The third kappa shape index (κ3) is 5.31. The molecule has 0 atom stereocenters. The first-order valence-electron chi connectivity index (χ1n) is 7.83. The second kappa shape index (κ2) is 9.01. The summed E-state index contributed by atoms with van der Waals surface area (Å²) in [6, 6.07) is 14.1. The Morgan fingerprint density at radius 2 is 1.63 bits per heavy atom. The van der Waals surface area contributed by atoms with Gasteiger partial charge in [0.05, 0.1) is 18.7 Å². The zero-order chi connectivity index (χ0) is 19.8. The van der Waals surface area contributed by atoms with Gasteiger partial charge in [-0.1, -0.05) is 0 Å². The van der Waals surface area contributed by atoms with Crippen molar-refractivity contribution in [3.8, 4) is 11.8 Å². The van der Waals surface area contributed by atoms with Crippen LogP contribution in [0, 0.1) is 11.3 Å². The predicted octanol–water partition coefficient (Wildman–Crippen LogP) is 1.53. The van der Waals surface area contributed by atoms with Gasteiger partial charge in [0.2, 0.25) is 0 Å². The van der Waals surface area contributed by atoms with Gasteiger partial charge in [-0.3, -0.25) is 20.0 Å². The lowest BCUT2D eigenvalue weighted by Crippen LogP contribution is -2.43. The largest absolute Gasteiger partial charge is 0.482 e. The number of nitrogens with one attached hydrogen (secondary N) is 1. The Morgan fingerprint density at radius 3 is 2.19 bits per heavy atom. The summed E-state index contributed by atoms with van der Waals surface area (Å²) in [5.74, 6) is -1.02. The van der Waals surface area contributed by atoms with E-state index in [0.29, 0.717) is 22.4 Å². The molecule has 8 heteroatoms. The van der Waals surface area contributed by atoms with Crippen LogP contribution < -0.4 is 10.2 Å². The molecule has 0 aliphatic carbocycles. The van der Waals surface area contributed by atoms with Gasteiger partial charge < -0.3 is 9.47 Å². The molecule has 2 aromatic carbocycles. The van der Waals surface area contributed by atoms with Crippen LogP contribution in [0.15, 0.2) is 48.5 Å². The number of amides is 2. The first-order chi connectivity index (χ1) is 12.9. The average Bonchev–Trinajstić information content (AvgIpc) is 2.71. The van der Waals surface area contributed by atoms with E-state index in [1.165, 1.54) is 62.7 Å². The van der Waals surface area contributed by atoms with Crippen molar-refractivity contribution in [3.05, 3.63) is 65.2 Å². The predicted molar refractivity (Wildman–Crippen MR) is 94.7 cm³/mol. The molecule has 0 saturated carbocycles. The number of esters is 1. The maximum atomic E-state index is 12.3. The number of hydrazine groups is 1. The fraction of sp³-hybridized carbons (Fsp3) is 0.158. The van der Waals surface area contributed by atoms with Crippen molar-refractivity contribution in [2.75, 3.05) is 20.8 Å². The van der Waals surface area contributed by atoms with Crippen LogP contribution in [-0.4, -0.2) is 43.6 Å². The van der Waals surface area contributed by atoms with Gasteiger partial charge in [0.15, 0.2) is 6.61 Å². The van der Waals surface area contributed by atoms with Gasteiger partial charge in [-0.05, 0) is 48.5 Å². The molecule has 0 fully saturated rings. The molecule has 0 saturated heterocycles. The first-order valence-corrected chi connectivity index (χ1v) is 7.83. The number of hydrogen-bond donors (Lipinski definition) is 1. The summed E-state index contributed by atoms with van der Waals surface area (Å²) in [6.45, 7) is -0.232. The quantitative estimate of drug-likeness (QED) is 0.634. The molecule has 1 N–H and O–H groups in total. The molecule has 0 aliphatic rings. The monoisotopic (exact) mass is 367 g/mol. The zero-order valence-electron chi connectivity index (χ0n) is 14.8. The Morgan fingerprint density at radius 1 is 1.04 bits per heavy atom. The summed E-state index contributed by atoms with van der Waals surface area (Å²) in [4.78, 5) is 35.6. The fourth-order valence-electron chi connectivity index (χ4n) is 2.05. The van der Waals surface area contributed by atoms with Gasteiger partial charge in [0, 0.05) is 18.2 Å². The summed E-state index contributed by atoms with van der Waals surface area (Å²) in [5, 5.41) is 9.84. The topological polar surface area (TPSA) is 109 Å². The molecule has 2 amide bonds. The Hall–Kier alpha value is -3.86. The van der Waals surface area contributed by atoms with Gasteiger partial charge in [-0.2, -0.15) is 5.26 Å². The van der Waals surface area contributed by atoms with Crippen molar-refractivity contribution in [1.82, 2.24) is 10.4 Å². The fourth-order valence-corrected chi connectivity index (χ4v) is 2.05. The van der Waals surface area contributed by atoms with E-state index in [4.69, 9.17) is 10.00 Å². The van der Waals surface area contributed by atoms with Crippen molar-refractivity contribution in [1.29, 1.82) is 5.26 Å². The van der Waals surface area contributed by atoms with E-state index in [2.05, 4.69) is 10.2 Å². The van der Waals surface area contributed by atoms with E-state index in [0.717, 1.165) is 5.01 Å². The Bertz CT molecular complexity index is 870. The maximum absolute atomic E-state index is 12.3. The Labute approximate surface area is 155 Å². The first kappa shape index (κ1) is 19.5. The van der Waals surface area contributed by atoms with Gasteiger partial charge in [-0.25, -0.2) is 4.79 Å². The van der Waals surface area contributed by atoms with Crippen LogP contribution in [0.25, 0.3) is 0 Å². The van der Waals surface area contributed by atoms with Crippen molar-refractivity contribution in [2.45, 2.75) is 0 Å². The molecule has 27 heavy (non-hydrogen) atoms. The SMILES string of the molecule is COC(=O)COc1ccc(C(=O)NN(C)C(=O)c2ccc(C#N)cc2)cc1. The second-order valence-corrected chi connectivity index (χ2v) is 5.38. The standard InChI is InChI=1S/C19H17N3O5/c1-22(19(25)15-5-3-13(11-20)4-6-15)21-18(24)14-7-9-16(10-8-14)27-12-17(23)26-2/h3-10H,12H2,1-2H3,(H,21,24). The molecular formula is C19H17N3O5. The maximum Gasteiger partial charge on any atom is 0.343 e. The van der Waals surface area contributed by atoms with Crippen LogP contribution in [-0.2, 0) is 9.53 Å². The number of rotatable bonds is 5. The van der Waals surface area contributed by atoms with Crippen molar-refractivity contribution in [3.63, 3.8) is 0 Å². The third-order valence-electron chi connectivity index (χ3n) is 3.54. The number of hydrogen-bond acceptors (Lipinski definition) is 6.